The second-order valence-corrected chi connectivity index (χ2v) is 8.03. The number of ether oxygens (including phenoxy) is 2. The lowest BCUT2D eigenvalue weighted by Crippen LogP contribution is -2.35. The maximum Gasteiger partial charge on any atom is 0.124 e. The summed E-state index contributed by atoms with van der Waals surface area (Å²) in [7, 11) is 1.69. The van der Waals surface area contributed by atoms with E-state index in [-0.39, 0.29) is 5.82 Å². The number of hydrogen-bond acceptors (Lipinski definition) is 4. The van der Waals surface area contributed by atoms with Crippen LogP contribution in [-0.4, -0.2) is 25.2 Å². The van der Waals surface area contributed by atoms with E-state index < -0.39 is 5.60 Å². The smallest absolute Gasteiger partial charge is 0.124 e. The molecule has 1 aliphatic rings. The highest BCUT2D eigenvalue weighted by molar-refractivity contribution is 7.99. The van der Waals surface area contributed by atoms with E-state index in [2.05, 4.69) is 6.92 Å². The number of thiocarbonyl (C=S) groups is 1. The average Bonchev–Trinajstić information content (AvgIpc) is 2.68. The molecular formula is C21H23FO2S2. The van der Waals surface area contributed by atoms with Crippen LogP contribution in [0.4, 0.5) is 4.39 Å². The van der Waals surface area contributed by atoms with Gasteiger partial charge in [-0.05, 0) is 47.9 Å². The molecule has 0 N–H and O–H groups in total. The molecule has 0 spiro atoms. The zero-order chi connectivity index (χ0) is 18.6. The van der Waals surface area contributed by atoms with E-state index in [1.54, 1.807) is 31.0 Å². The molecule has 5 heteroatoms. The first kappa shape index (κ1) is 19.5. The number of benzene rings is 2. The summed E-state index contributed by atoms with van der Waals surface area (Å²) in [6, 6.07) is 13.3. The Morgan fingerprint density at radius 2 is 1.85 bits per heavy atom. The minimum absolute atomic E-state index is 0.239. The summed E-state index contributed by atoms with van der Waals surface area (Å²) in [4.78, 5) is 2.88. The van der Waals surface area contributed by atoms with Gasteiger partial charge in [-0.2, -0.15) is 0 Å². The SMILES string of the molecule is CCC(=S)c1ccc(Sc2cc(F)cc(C3(OC)CCOCC3)c2)cc1. The average molecular weight is 391 g/mol. The fourth-order valence-corrected chi connectivity index (χ4v) is 4.28. The van der Waals surface area contributed by atoms with Gasteiger partial charge in [-0.3, -0.25) is 0 Å². The summed E-state index contributed by atoms with van der Waals surface area (Å²) in [5.41, 5.74) is 1.49. The number of methoxy groups -OCH3 is 1. The van der Waals surface area contributed by atoms with E-state index in [0.717, 1.165) is 45.0 Å². The highest BCUT2D eigenvalue weighted by Gasteiger charge is 2.35. The quantitative estimate of drug-likeness (QED) is 0.461. The summed E-state index contributed by atoms with van der Waals surface area (Å²) in [6.45, 7) is 3.32. The molecule has 2 aromatic rings. The molecule has 2 aromatic carbocycles. The number of halogens is 1. The third kappa shape index (κ3) is 4.34. The van der Waals surface area contributed by atoms with E-state index >= 15 is 0 Å². The molecule has 1 fully saturated rings. The Bertz CT molecular complexity index is 768. The molecule has 0 bridgehead atoms. The van der Waals surface area contributed by atoms with Gasteiger partial charge in [0.15, 0.2) is 0 Å². The van der Waals surface area contributed by atoms with Crippen molar-refractivity contribution in [1.29, 1.82) is 0 Å². The molecule has 0 unspecified atom stereocenters. The van der Waals surface area contributed by atoms with Gasteiger partial charge in [-0.15, -0.1) is 0 Å². The molecule has 0 amide bonds. The Morgan fingerprint density at radius 1 is 1.15 bits per heavy atom. The Morgan fingerprint density at radius 3 is 2.46 bits per heavy atom. The Kier molecular flexibility index (Phi) is 6.46. The lowest BCUT2D eigenvalue weighted by Gasteiger charge is -2.36. The minimum Gasteiger partial charge on any atom is -0.381 e. The molecule has 2 nitrogen and oxygen atoms in total. The zero-order valence-electron chi connectivity index (χ0n) is 15.1. The standard InChI is InChI=1S/C21H23FO2S2/c1-3-20(25)15-4-6-18(7-5-15)26-19-13-16(12-17(22)14-19)21(23-2)8-10-24-11-9-21/h4-7,12-14H,3,8-11H2,1-2H3. The van der Waals surface area contributed by atoms with Crippen molar-refractivity contribution >= 4 is 28.8 Å². The first-order valence-corrected chi connectivity index (χ1v) is 10.0. The first-order valence-electron chi connectivity index (χ1n) is 8.81. The normalized spacial score (nSPS) is 16.4. The largest absolute Gasteiger partial charge is 0.381 e. The lowest BCUT2D eigenvalue weighted by molar-refractivity contribution is -0.0950. The van der Waals surface area contributed by atoms with Crippen LogP contribution in [0.25, 0.3) is 0 Å². The maximum absolute atomic E-state index is 14.3. The van der Waals surface area contributed by atoms with E-state index in [0.29, 0.717) is 13.2 Å². The summed E-state index contributed by atoms with van der Waals surface area (Å²) >= 11 is 6.89. The first-order chi connectivity index (χ1) is 12.6. The maximum atomic E-state index is 14.3. The Labute approximate surface area is 164 Å². The summed E-state index contributed by atoms with van der Waals surface area (Å²) < 4.78 is 25.6. The number of hydrogen-bond donors (Lipinski definition) is 0. The Balaban J connectivity index is 1.84. The minimum atomic E-state index is -0.465. The summed E-state index contributed by atoms with van der Waals surface area (Å²) in [6.07, 6.45) is 2.33. The van der Waals surface area contributed by atoms with E-state index in [1.165, 1.54) is 0 Å². The molecule has 0 saturated carbocycles. The Hall–Kier alpha value is -1.27. The van der Waals surface area contributed by atoms with Crippen molar-refractivity contribution in [1.82, 2.24) is 0 Å². The summed E-state index contributed by atoms with van der Waals surface area (Å²) in [5.74, 6) is -0.239. The van der Waals surface area contributed by atoms with Gasteiger partial charge in [0.1, 0.15) is 5.82 Å². The van der Waals surface area contributed by atoms with Gasteiger partial charge in [-0.25, -0.2) is 4.39 Å². The van der Waals surface area contributed by atoms with Crippen molar-refractivity contribution in [2.45, 2.75) is 41.6 Å². The van der Waals surface area contributed by atoms with Gasteiger partial charge in [0.05, 0.1) is 5.60 Å². The predicted octanol–water partition coefficient (Wildman–Crippen LogP) is 5.76. The molecule has 0 radical (unpaired) electrons. The van der Waals surface area contributed by atoms with Crippen molar-refractivity contribution in [2.24, 2.45) is 0 Å². The van der Waals surface area contributed by atoms with Crippen LogP contribution in [0.5, 0.6) is 0 Å². The molecule has 0 aromatic heterocycles. The van der Waals surface area contributed by atoms with Crippen molar-refractivity contribution in [2.75, 3.05) is 20.3 Å². The second kappa shape index (κ2) is 8.61. The zero-order valence-corrected chi connectivity index (χ0v) is 16.7. The third-order valence-corrected chi connectivity index (χ3v) is 6.33. The van der Waals surface area contributed by atoms with Crippen LogP contribution < -0.4 is 0 Å². The van der Waals surface area contributed by atoms with Gasteiger partial charge in [-0.1, -0.05) is 43.0 Å². The van der Waals surface area contributed by atoms with Crippen molar-refractivity contribution < 1.29 is 13.9 Å². The lowest BCUT2D eigenvalue weighted by atomic mass is 9.86. The van der Waals surface area contributed by atoms with Gasteiger partial charge in [0.25, 0.3) is 0 Å². The van der Waals surface area contributed by atoms with Gasteiger partial charge < -0.3 is 9.47 Å². The molecule has 1 heterocycles. The van der Waals surface area contributed by atoms with Crippen LogP contribution in [-0.2, 0) is 15.1 Å². The molecular weight excluding hydrogens is 367 g/mol. The molecule has 0 aliphatic carbocycles. The van der Waals surface area contributed by atoms with Crippen LogP contribution in [0, 0.1) is 5.82 Å². The number of rotatable bonds is 6. The third-order valence-electron chi connectivity index (χ3n) is 4.82. The molecule has 138 valence electrons. The van der Waals surface area contributed by atoms with E-state index in [9.17, 15) is 4.39 Å². The summed E-state index contributed by atoms with van der Waals surface area (Å²) in [5, 5.41) is 0. The second-order valence-electron chi connectivity index (χ2n) is 6.39. The van der Waals surface area contributed by atoms with Crippen LogP contribution in [0.1, 0.15) is 37.3 Å². The van der Waals surface area contributed by atoms with Crippen molar-refractivity contribution in [3.8, 4) is 0 Å². The van der Waals surface area contributed by atoms with Crippen molar-refractivity contribution in [3.05, 3.63) is 59.4 Å². The van der Waals surface area contributed by atoms with Crippen LogP contribution in [0.3, 0.4) is 0 Å². The fraction of sp³-hybridized carbons (Fsp3) is 0.381. The topological polar surface area (TPSA) is 18.5 Å². The molecule has 26 heavy (non-hydrogen) atoms. The van der Waals surface area contributed by atoms with E-state index in [4.69, 9.17) is 21.7 Å². The van der Waals surface area contributed by atoms with E-state index in [1.807, 2.05) is 30.3 Å². The molecule has 0 atom stereocenters. The molecule has 1 aliphatic heterocycles. The van der Waals surface area contributed by atoms with Gasteiger partial charge >= 0.3 is 0 Å². The molecule has 3 rings (SSSR count). The van der Waals surface area contributed by atoms with Gasteiger partial charge in [0, 0.05) is 47.8 Å². The van der Waals surface area contributed by atoms with Crippen LogP contribution >= 0.6 is 24.0 Å². The predicted molar refractivity (Wildman–Crippen MR) is 108 cm³/mol. The van der Waals surface area contributed by atoms with Gasteiger partial charge in [0.2, 0.25) is 0 Å². The monoisotopic (exact) mass is 390 g/mol. The van der Waals surface area contributed by atoms with Crippen molar-refractivity contribution in [3.63, 3.8) is 0 Å². The fourth-order valence-electron chi connectivity index (χ4n) is 3.25. The van der Waals surface area contributed by atoms with Crippen LogP contribution in [0.2, 0.25) is 0 Å². The highest BCUT2D eigenvalue weighted by atomic mass is 32.2. The van der Waals surface area contributed by atoms with Crippen LogP contribution in [0.15, 0.2) is 52.3 Å². The highest BCUT2D eigenvalue weighted by Crippen LogP contribution is 2.38. The molecule has 1 saturated heterocycles.